The number of pyridine rings is 1. The molecule has 3 heterocycles. The summed E-state index contributed by atoms with van der Waals surface area (Å²) < 4.78 is 5.89. The van der Waals surface area contributed by atoms with Crippen molar-refractivity contribution in [2.45, 2.75) is 0 Å². The van der Waals surface area contributed by atoms with Gasteiger partial charge in [0.25, 0.3) is 0 Å². The van der Waals surface area contributed by atoms with E-state index < -0.39 is 0 Å². The summed E-state index contributed by atoms with van der Waals surface area (Å²) in [6.07, 6.45) is 3.21. The quantitative estimate of drug-likeness (QED) is 0.418. The minimum absolute atomic E-state index is 0.491. The van der Waals surface area contributed by atoms with Gasteiger partial charge in [-0.3, -0.25) is 4.98 Å². The van der Waals surface area contributed by atoms with Crippen LogP contribution in [0, 0.1) is 0 Å². The smallest absolute Gasteiger partial charge is 0.201 e. The van der Waals surface area contributed by atoms with Crippen molar-refractivity contribution in [1.29, 1.82) is 0 Å². The van der Waals surface area contributed by atoms with Crippen LogP contribution < -0.4 is 0 Å². The molecule has 0 aliphatic rings. The van der Waals surface area contributed by atoms with Gasteiger partial charge in [0.2, 0.25) is 5.82 Å². The van der Waals surface area contributed by atoms with Gasteiger partial charge in [-0.15, -0.1) is 0 Å². The van der Waals surface area contributed by atoms with Crippen LogP contribution in [0.5, 0.6) is 0 Å². The SMILES string of the molecule is CN(C)C(=Nc1ncnc2c1oc1cccnc12)c1ccccc1. The molecule has 24 heavy (non-hydrogen) atoms. The summed E-state index contributed by atoms with van der Waals surface area (Å²) in [5.74, 6) is 1.29. The van der Waals surface area contributed by atoms with Crippen molar-refractivity contribution in [3.8, 4) is 0 Å². The van der Waals surface area contributed by atoms with Gasteiger partial charge in [0.1, 0.15) is 23.2 Å². The third-order valence-corrected chi connectivity index (χ3v) is 3.66. The zero-order chi connectivity index (χ0) is 16.5. The first kappa shape index (κ1) is 14.3. The highest BCUT2D eigenvalue weighted by Crippen LogP contribution is 2.30. The summed E-state index contributed by atoms with van der Waals surface area (Å²) in [5, 5.41) is 0. The summed E-state index contributed by atoms with van der Waals surface area (Å²) in [6, 6.07) is 13.7. The molecule has 6 heteroatoms. The van der Waals surface area contributed by atoms with Crippen molar-refractivity contribution < 1.29 is 4.42 Å². The van der Waals surface area contributed by atoms with Crippen LogP contribution in [0.4, 0.5) is 5.82 Å². The normalized spacial score (nSPS) is 12.0. The van der Waals surface area contributed by atoms with Crippen LogP contribution in [0.3, 0.4) is 0 Å². The van der Waals surface area contributed by atoms with Gasteiger partial charge in [0.05, 0.1) is 0 Å². The molecule has 0 N–H and O–H groups in total. The third-order valence-electron chi connectivity index (χ3n) is 3.66. The minimum Gasteiger partial charge on any atom is -0.449 e. The van der Waals surface area contributed by atoms with Crippen molar-refractivity contribution in [1.82, 2.24) is 19.9 Å². The lowest BCUT2D eigenvalue weighted by Gasteiger charge is -2.15. The molecule has 4 aromatic rings. The van der Waals surface area contributed by atoms with Crippen molar-refractivity contribution >= 4 is 33.9 Å². The van der Waals surface area contributed by atoms with Gasteiger partial charge in [0, 0.05) is 25.9 Å². The molecule has 0 amide bonds. The fourth-order valence-electron chi connectivity index (χ4n) is 2.58. The molecule has 0 fully saturated rings. The van der Waals surface area contributed by atoms with Crippen molar-refractivity contribution in [3.63, 3.8) is 0 Å². The molecule has 0 atom stereocenters. The Labute approximate surface area is 138 Å². The first-order chi connectivity index (χ1) is 11.7. The van der Waals surface area contributed by atoms with E-state index in [2.05, 4.69) is 15.0 Å². The van der Waals surface area contributed by atoms with E-state index in [0.29, 0.717) is 22.5 Å². The van der Waals surface area contributed by atoms with E-state index >= 15 is 0 Å². The van der Waals surface area contributed by atoms with Crippen molar-refractivity contribution in [3.05, 3.63) is 60.6 Å². The maximum Gasteiger partial charge on any atom is 0.201 e. The molecule has 0 unspecified atom stereocenters. The lowest BCUT2D eigenvalue weighted by molar-refractivity contribution is 0.622. The number of benzene rings is 1. The van der Waals surface area contributed by atoms with Gasteiger partial charge >= 0.3 is 0 Å². The summed E-state index contributed by atoms with van der Waals surface area (Å²) >= 11 is 0. The Morgan fingerprint density at radius 3 is 2.58 bits per heavy atom. The molecule has 0 radical (unpaired) electrons. The number of amidine groups is 1. The first-order valence-electron chi connectivity index (χ1n) is 7.53. The van der Waals surface area contributed by atoms with Gasteiger partial charge in [-0.05, 0) is 12.1 Å². The third kappa shape index (κ3) is 2.38. The number of aliphatic imine (C=N–C) groups is 1. The number of fused-ring (bicyclic) bond motifs is 3. The van der Waals surface area contributed by atoms with E-state index in [1.807, 2.05) is 61.5 Å². The van der Waals surface area contributed by atoms with E-state index in [1.54, 1.807) is 6.20 Å². The van der Waals surface area contributed by atoms with E-state index in [1.165, 1.54) is 6.33 Å². The van der Waals surface area contributed by atoms with Crippen LogP contribution in [0.1, 0.15) is 5.56 Å². The first-order valence-corrected chi connectivity index (χ1v) is 7.53. The molecular formula is C18H15N5O. The molecule has 0 aliphatic heterocycles. The second-order valence-corrected chi connectivity index (χ2v) is 5.52. The van der Waals surface area contributed by atoms with Crippen LogP contribution in [0.25, 0.3) is 22.2 Å². The Balaban J connectivity index is 1.95. The Hall–Kier alpha value is -3.28. The number of rotatable bonds is 2. The highest BCUT2D eigenvalue weighted by molar-refractivity contribution is 6.05. The van der Waals surface area contributed by atoms with E-state index in [0.717, 1.165) is 16.9 Å². The summed E-state index contributed by atoms with van der Waals surface area (Å²) in [5.41, 5.74) is 3.61. The molecule has 1 aromatic carbocycles. The van der Waals surface area contributed by atoms with Crippen LogP contribution in [-0.2, 0) is 0 Å². The number of nitrogens with zero attached hydrogens (tertiary/aromatic N) is 5. The molecule has 4 rings (SSSR count). The second kappa shape index (κ2) is 5.73. The average Bonchev–Trinajstić information content (AvgIpc) is 2.99. The molecule has 0 saturated carbocycles. The largest absolute Gasteiger partial charge is 0.449 e. The van der Waals surface area contributed by atoms with Gasteiger partial charge < -0.3 is 9.32 Å². The highest BCUT2D eigenvalue weighted by Gasteiger charge is 2.15. The monoisotopic (exact) mass is 317 g/mol. The maximum absolute atomic E-state index is 5.89. The minimum atomic E-state index is 0.491. The Bertz CT molecular complexity index is 1040. The predicted octanol–water partition coefficient (Wildman–Crippen LogP) is 3.41. The number of hydrogen-bond donors (Lipinski definition) is 0. The number of hydrogen-bond acceptors (Lipinski definition) is 5. The van der Waals surface area contributed by atoms with E-state index in [9.17, 15) is 0 Å². The summed E-state index contributed by atoms with van der Waals surface area (Å²) in [7, 11) is 3.90. The van der Waals surface area contributed by atoms with Gasteiger partial charge in [0.15, 0.2) is 11.2 Å². The molecule has 0 spiro atoms. The van der Waals surface area contributed by atoms with Crippen molar-refractivity contribution in [2.75, 3.05) is 14.1 Å². The average molecular weight is 317 g/mol. The molecule has 0 saturated heterocycles. The van der Waals surface area contributed by atoms with Gasteiger partial charge in [-0.2, -0.15) is 0 Å². The summed E-state index contributed by atoms with van der Waals surface area (Å²) in [4.78, 5) is 19.6. The van der Waals surface area contributed by atoms with Crippen LogP contribution in [-0.4, -0.2) is 39.8 Å². The fraction of sp³-hybridized carbons (Fsp3) is 0.111. The molecule has 6 nitrogen and oxygen atoms in total. The van der Waals surface area contributed by atoms with Crippen LogP contribution in [0.15, 0.2) is 64.4 Å². The van der Waals surface area contributed by atoms with Crippen LogP contribution >= 0.6 is 0 Å². The van der Waals surface area contributed by atoms with E-state index in [4.69, 9.17) is 9.41 Å². The maximum atomic E-state index is 5.89. The molecule has 118 valence electrons. The number of aromatic nitrogens is 3. The van der Waals surface area contributed by atoms with Gasteiger partial charge in [-0.1, -0.05) is 30.3 Å². The Morgan fingerprint density at radius 2 is 1.79 bits per heavy atom. The highest BCUT2D eigenvalue weighted by atomic mass is 16.3. The van der Waals surface area contributed by atoms with Crippen molar-refractivity contribution in [2.24, 2.45) is 4.99 Å². The topological polar surface area (TPSA) is 67.4 Å². The predicted molar refractivity (Wildman–Crippen MR) is 93.4 cm³/mol. The zero-order valence-electron chi connectivity index (χ0n) is 13.3. The zero-order valence-corrected chi connectivity index (χ0v) is 13.3. The van der Waals surface area contributed by atoms with E-state index in [-0.39, 0.29) is 0 Å². The molecule has 0 aliphatic carbocycles. The number of furan rings is 1. The fourth-order valence-corrected chi connectivity index (χ4v) is 2.58. The molecule has 3 aromatic heterocycles. The molecular weight excluding hydrogens is 302 g/mol. The van der Waals surface area contributed by atoms with Crippen LogP contribution in [0.2, 0.25) is 0 Å². The summed E-state index contributed by atoms with van der Waals surface area (Å²) in [6.45, 7) is 0. The van der Waals surface area contributed by atoms with Gasteiger partial charge in [-0.25, -0.2) is 15.0 Å². The Morgan fingerprint density at radius 1 is 0.958 bits per heavy atom. The standard InChI is InChI=1S/C18H15N5O/c1-23(2)18(12-7-4-3-5-8-12)22-17-16-15(20-11-21-17)14-13(24-16)9-6-10-19-14/h3-11H,1-2H3. The molecule has 0 bridgehead atoms. The Kier molecular flexibility index (Phi) is 3.42. The lowest BCUT2D eigenvalue weighted by atomic mass is 10.2. The lowest BCUT2D eigenvalue weighted by Crippen LogP contribution is -2.22. The second-order valence-electron chi connectivity index (χ2n) is 5.52.